The Bertz CT molecular complexity index is 577. The maximum absolute atomic E-state index is 5.90. The van der Waals surface area contributed by atoms with E-state index in [9.17, 15) is 0 Å². The summed E-state index contributed by atoms with van der Waals surface area (Å²) in [6.45, 7) is 0.362. The van der Waals surface area contributed by atoms with Gasteiger partial charge in [0.2, 0.25) is 0 Å². The van der Waals surface area contributed by atoms with Crippen molar-refractivity contribution in [1.82, 2.24) is 4.98 Å². The average Bonchev–Trinajstić information content (AvgIpc) is 2.34. The van der Waals surface area contributed by atoms with Crippen LogP contribution in [0.2, 0.25) is 15.2 Å². The largest absolute Gasteiger partial charge is 0.489 e. The predicted octanol–water partition coefficient (Wildman–Crippen LogP) is 5.38. The highest BCUT2D eigenvalue weighted by atomic mass is 79.9. The van der Waals surface area contributed by atoms with Gasteiger partial charge >= 0.3 is 0 Å². The minimum absolute atomic E-state index is 0.362. The third-order valence-corrected chi connectivity index (χ3v) is 3.85. The third-order valence-electron chi connectivity index (χ3n) is 2.19. The van der Waals surface area contributed by atoms with Crippen molar-refractivity contribution in [1.29, 1.82) is 0 Å². The molecule has 0 amide bonds. The quantitative estimate of drug-likeness (QED) is 0.679. The Kier molecular flexibility index (Phi) is 4.73. The molecule has 0 spiro atoms. The Morgan fingerprint density at radius 3 is 2.61 bits per heavy atom. The molecular formula is C12H7BrCl3NO. The predicted molar refractivity (Wildman–Crippen MR) is 77.7 cm³/mol. The number of nitrogens with zero attached hydrogens (tertiary/aromatic N) is 1. The molecule has 0 bridgehead atoms. The number of rotatable bonds is 3. The monoisotopic (exact) mass is 365 g/mol. The Hall–Kier alpha value is -0.480. The minimum atomic E-state index is 0.362. The smallest absolute Gasteiger partial charge is 0.129 e. The van der Waals surface area contributed by atoms with Crippen LogP contribution in [0.15, 0.2) is 34.9 Å². The van der Waals surface area contributed by atoms with E-state index in [0.717, 1.165) is 10.0 Å². The van der Waals surface area contributed by atoms with Crippen molar-refractivity contribution in [2.24, 2.45) is 0 Å². The molecule has 2 aromatic rings. The molecule has 1 aromatic carbocycles. The molecule has 0 saturated heterocycles. The van der Waals surface area contributed by atoms with Crippen molar-refractivity contribution in [3.63, 3.8) is 0 Å². The molecular weight excluding hydrogens is 360 g/mol. The van der Waals surface area contributed by atoms with Crippen LogP contribution >= 0.6 is 50.7 Å². The molecule has 0 atom stereocenters. The van der Waals surface area contributed by atoms with Crippen LogP contribution in [0, 0.1) is 0 Å². The lowest BCUT2D eigenvalue weighted by Crippen LogP contribution is -1.97. The zero-order valence-corrected chi connectivity index (χ0v) is 12.8. The fourth-order valence-corrected chi connectivity index (χ4v) is 2.09. The Morgan fingerprint density at radius 2 is 1.89 bits per heavy atom. The number of benzene rings is 1. The highest BCUT2D eigenvalue weighted by Crippen LogP contribution is 2.27. The van der Waals surface area contributed by atoms with Crippen LogP contribution in [-0.4, -0.2) is 4.98 Å². The van der Waals surface area contributed by atoms with Crippen molar-refractivity contribution < 1.29 is 4.74 Å². The summed E-state index contributed by atoms with van der Waals surface area (Å²) in [6.07, 6.45) is 1.63. The molecule has 0 N–H and O–H groups in total. The fraction of sp³-hybridized carbons (Fsp3) is 0.0833. The van der Waals surface area contributed by atoms with Crippen LogP contribution in [0.3, 0.4) is 0 Å². The van der Waals surface area contributed by atoms with Crippen molar-refractivity contribution >= 4 is 50.7 Å². The summed E-state index contributed by atoms with van der Waals surface area (Å²) in [4.78, 5) is 3.94. The Morgan fingerprint density at radius 1 is 1.11 bits per heavy atom. The summed E-state index contributed by atoms with van der Waals surface area (Å²) in [5.41, 5.74) is 0.904. The van der Waals surface area contributed by atoms with E-state index >= 15 is 0 Å². The summed E-state index contributed by atoms with van der Waals surface area (Å²) in [6, 6.07) is 6.85. The van der Waals surface area contributed by atoms with E-state index in [4.69, 9.17) is 39.5 Å². The maximum Gasteiger partial charge on any atom is 0.129 e. The van der Waals surface area contributed by atoms with Gasteiger partial charge in [0.1, 0.15) is 17.5 Å². The molecule has 0 radical (unpaired) electrons. The molecule has 18 heavy (non-hydrogen) atoms. The van der Waals surface area contributed by atoms with Gasteiger partial charge < -0.3 is 4.74 Å². The number of pyridine rings is 1. The van der Waals surface area contributed by atoms with Gasteiger partial charge in [0.15, 0.2) is 0 Å². The van der Waals surface area contributed by atoms with Crippen molar-refractivity contribution in [3.8, 4) is 5.75 Å². The molecule has 1 heterocycles. The standard InChI is InChI=1S/C12H7BrCl3NO/c13-9-5-17-12(16)3-7(9)6-18-8-1-2-10(14)11(15)4-8/h1-5H,6H2. The van der Waals surface area contributed by atoms with E-state index in [-0.39, 0.29) is 0 Å². The van der Waals surface area contributed by atoms with Gasteiger partial charge in [-0.3, -0.25) is 0 Å². The summed E-state index contributed by atoms with van der Waals surface area (Å²) >= 11 is 20.9. The molecule has 0 fully saturated rings. The lowest BCUT2D eigenvalue weighted by molar-refractivity contribution is 0.305. The Balaban J connectivity index is 2.11. The first-order valence-corrected chi connectivity index (χ1v) is 6.87. The SMILES string of the molecule is Clc1cc(COc2ccc(Cl)c(Cl)c2)c(Br)cn1. The zero-order valence-electron chi connectivity index (χ0n) is 8.96. The van der Waals surface area contributed by atoms with Gasteiger partial charge in [0.25, 0.3) is 0 Å². The van der Waals surface area contributed by atoms with Gasteiger partial charge in [0, 0.05) is 22.3 Å². The van der Waals surface area contributed by atoms with E-state index in [2.05, 4.69) is 20.9 Å². The molecule has 2 rings (SSSR count). The summed E-state index contributed by atoms with van der Waals surface area (Å²) in [7, 11) is 0. The first-order valence-electron chi connectivity index (χ1n) is 4.94. The number of halogens is 4. The third kappa shape index (κ3) is 3.51. The molecule has 0 unspecified atom stereocenters. The van der Waals surface area contributed by atoms with Crippen LogP contribution in [0.1, 0.15) is 5.56 Å². The van der Waals surface area contributed by atoms with E-state index in [1.807, 2.05) is 0 Å². The lowest BCUT2D eigenvalue weighted by Gasteiger charge is -2.08. The van der Waals surface area contributed by atoms with Gasteiger partial charge in [-0.1, -0.05) is 34.8 Å². The van der Waals surface area contributed by atoms with E-state index < -0.39 is 0 Å². The average molecular weight is 367 g/mol. The number of ether oxygens (including phenoxy) is 1. The van der Waals surface area contributed by atoms with E-state index in [1.165, 1.54) is 0 Å². The molecule has 6 heteroatoms. The minimum Gasteiger partial charge on any atom is -0.489 e. The van der Waals surface area contributed by atoms with Crippen molar-refractivity contribution in [3.05, 3.63) is 55.7 Å². The van der Waals surface area contributed by atoms with Gasteiger partial charge in [-0.25, -0.2) is 4.98 Å². The number of hydrogen-bond donors (Lipinski definition) is 0. The highest BCUT2D eigenvalue weighted by molar-refractivity contribution is 9.10. The number of hydrogen-bond acceptors (Lipinski definition) is 2. The first kappa shape index (κ1) is 13.9. The number of aromatic nitrogens is 1. The topological polar surface area (TPSA) is 22.1 Å². The second-order valence-electron chi connectivity index (χ2n) is 3.46. The summed E-state index contributed by atoms with van der Waals surface area (Å²) < 4.78 is 6.44. The molecule has 0 aliphatic heterocycles. The van der Waals surface area contributed by atoms with Gasteiger partial charge in [-0.15, -0.1) is 0 Å². The fourth-order valence-electron chi connectivity index (χ4n) is 1.29. The van der Waals surface area contributed by atoms with E-state index in [0.29, 0.717) is 27.6 Å². The van der Waals surface area contributed by atoms with Gasteiger partial charge in [-0.2, -0.15) is 0 Å². The molecule has 0 aliphatic rings. The summed E-state index contributed by atoms with van der Waals surface area (Å²) in [5, 5.41) is 1.38. The second-order valence-corrected chi connectivity index (χ2v) is 5.52. The van der Waals surface area contributed by atoms with Crippen molar-refractivity contribution in [2.45, 2.75) is 6.61 Å². The zero-order chi connectivity index (χ0) is 13.1. The second kappa shape index (κ2) is 6.11. The Labute approximate surface area is 128 Å². The van der Waals surface area contributed by atoms with Crippen LogP contribution in [0.5, 0.6) is 5.75 Å². The van der Waals surface area contributed by atoms with Crippen molar-refractivity contribution in [2.75, 3.05) is 0 Å². The van der Waals surface area contributed by atoms with Crippen LogP contribution in [0.4, 0.5) is 0 Å². The van der Waals surface area contributed by atoms with Gasteiger partial charge in [0.05, 0.1) is 10.0 Å². The molecule has 94 valence electrons. The first-order chi connectivity index (χ1) is 8.56. The normalized spacial score (nSPS) is 10.4. The lowest BCUT2D eigenvalue weighted by atomic mass is 10.3. The van der Waals surface area contributed by atoms with Crippen LogP contribution in [0.25, 0.3) is 0 Å². The van der Waals surface area contributed by atoms with Gasteiger partial charge in [-0.05, 0) is 34.1 Å². The van der Waals surface area contributed by atoms with Crippen LogP contribution in [-0.2, 0) is 6.61 Å². The molecule has 0 aliphatic carbocycles. The maximum atomic E-state index is 5.90. The molecule has 0 saturated carbocycles. The molecule has 1 aromatic heterocycles. The van der Waals surface area contributed by atoms with E-state index in [1.54, 1.807) is 30.5 Å². The summed E-state index contributed by atoms with van der Waals surface area (Å²) in [5.74, 6) is 0.643. The van der Waals surface area contributed by atoms with Crippen LogP contribution < -0.4 is 4.74 Å². The highest BCUT2D eigenvalue weighted by Gasteiger charge is 2.05. The molecule has 2 nitrogen and oxygen atoms in total.